The van der Waals surface area contributed by atoms with Crippen LogP contribution < -0.4 is 11.1 Å². The number of hydrogen-bond acceptors (Lipinski definition) is 4. The molecular formula is C9H14N3OP. The van der Waals surface area contributed by atoms with Crippen molar-refractivity contribution in [1.82, 2.24) is 4.98 Å². The van der Waals surface area contributed by atoms with Crippen molar-refractivity contribution in [2.45, 2.75) is 12.8 Å². The van der Waals surface area contributed by atoms with E-state index in [2.05, 4.69) is 19.5 Å². The van der Waals surface area contributed by atoms with Crippen molar-refractivity contribution in [2.24, 2.45) is 0 Å². The Morgan fingerprint density at radius 1 is 1.64 bits per heavy atom. The summed E-state index contributed by atoms with van der Waals surface area (Å²) in [6.45, 7) is 0.732. The average Bonchev–Trinajstić information content (AvgIpc) is 2.15. The van der Waals surface area contributed by atoms with Crippen molar-refractivity contribution in [2.75, 3.05) is 17.6 Å². The third kappa shape index (κ3) is 3.71. The Kier molecular flexibility index (Phi) is 4.33. The molecule has 1 rings (SSSR count). The van der Waals surface area contributed by atoms with Gasteiger partial charge in [-0.2, -0.15) is 0 Å². The molecule has 0 amide bonds. The molecular weight excluding hydrogens is 197 g/mol. The van der Waals surface area contributed by atoms with Gasteiger partial charge in [-0.25, -0.2) is 0 Å². The molecule has 1 atom stereocenters. The molecule has 0 spiro atoms. The van der Waals surface area contributed by atoms with Crippen LogP contribution in [0.15, 0.2) is 18.5 Å². The Bertz CT molecular complexity index is 317. The predicted octanol–water partition coefficient (Wildman–Crippen LogP) is 1.26. The van der Waals surface area contributed by atoms with Crippen molar-refractivity contribution >= 4 is 26.1 Å². The highest BCUT2D eigenvalue weighted by Gasteiger charge is 1.97. The second-order valence-electron chi connectivity index (χ2n) is 2.96. The van der Waals surface area contributed by atoms with Crippen molar-refractivity contribution < 1.29 is 4.79 Å². The highest BCUT2D eigenvalue weighted by molar-refractivity contribution is 7.40. The molecule has 14 heavy (non-hydrogen) atoms. The molecule has 5 heteroatoms. The summed E-state index contributed by atoms with van der Waals surface area (Å²) in [7, 11) is 2.16. The maximum absolute atomic E-state index is 10.6. The van der Waals surface area contributed by atoms with Gasteiger partial charge in [0.1, 0.15) is 5.52 Å². The maximum Gasteiger partial charge on any atom is 0.148 e. The van der Waals surface area contributed by atoms with E-state index in [1.807, 2.05) is 0 Å². The SMILES string of the molecule is Nc1ccncc1NCCCC(=O)P. The largest absolute Gasteiger partial charge is 0.397 e. The van der Waals surface area contributed by atoms with Crippen LogP contribution in [-0.4, -0.2) is 17.1 Å². The van der Waals surface area contributed by atoms with Crippen LogP contribution >= 0.6 is 9.24 Å². The quantitative estimate of drug-likeness (QED) is 0.568. The van der Waals surface area contributed by atoms with Gasteiger partial charge in [0.2, 0.25) is 0 Å². The molecule has 1 unspecified atom stereocenters. The van der Waals surface area contributed by atoms with Gasteiger partial charge in [-0.3, -0.25) is 9.78 Å². The van der Waals surface area contributed by atoms with E-state index in [-0.39, 0.29) is 5.52 Å². The topological polar surface area (TPSA) is 68.0 Å². The molecule has 1 aromatic rings. The van der Waals surface area contributed by atoms with Crippen LogP contribution in [0.25, 0.3) is 0 Å². The number of rotatable bonds is 5. The standard InChI is InChI=1S/C9H14N3OP/c10-7-3-5-11-6-8(7)12-4-1-2-9(13)14/h3,5-6,12H,1-2,4,14H2,(H2,10,11). The van der Waals surface area contributed by atoms with Crippen molar-refractivity contribution in [1.29, 1.82) is 0 Å². The summed E-state index contributed by atoms with van der Waals surface area (Å²) in [6.07, 6.45) is 4.69. The van der Waals surface area contributed by atoms with Gasteiger partial charge in [0.05, 0.1) is 17.6 Å². The Hall–Kier alpha value is -1.15. The first-order valence-corrected chi connectivity index (χ1v) is 4.99. The van der Waals surface area contributed by atoms with Gasteiger partial charge in [-0.1, -0.05) is 9.24 Å². The Balaban J connectivity index is 2.31. The third-order valence-corrected chi connectivity index (χ3v) is 2.06. The zero-order chi connectivity index (χ0) is 10.4. The highest BCUT2D eigenvalue weighted by atomic mass is 31.0. The summed E-state index contributed by atoms with van der Waals surface area (Å²) < 4.78 is 0. The van der Waals surface area contributed by atoms with Crippen LogP contribution in [0.3, 0.4) is 0 Å². The van der Waals surface area contributed by atoms with Crippen molar-refractivity contribution in [3.63, 3.8) is 0 Å². The van der Waals surface area contributed by atoms with Gasteiger partial charge in [-0.15, -0.1) is 0 Å². The van der Waals surface area contributed by atoms with E-state index in [0.717, 1.165) is 18.7 Å². The van der Waals surface area contributed by atoms with E-state index < -0.39 is 0 Å². The minimum absolute atomic E-state index is 0.131. The number of aromatic nitrogens is 1. The molecule has 0 bridgehead atoms. The summed E-state index contributed by atoms with van der Waals surface area (Å²) in [5, 5.41) is 3.12. The van der Waals surface area contributed by atoms with Crippen molar-refractivity contribution in [3.05, 3.63) is 18.5 Å². The van der Waals surface area contributed by atoms with Crippen LogP contribution in [-0.2, 0) is 4.79 Å². The minimum atomic E-state index is 0.131. The lowest BCUT2D eigenvalue weighted by Crippen LogP contribution is -2.05. The number of carbonyl (C=O) groups is 1. The fourth-order valence-corrected chi connectivity index (χ4v) is 1.24. The summed E-state index contributed by atoms with van der Waals surface area (Å²) in [5.41, 5.74) is 7.32. The van der Waals surface area contributed by atoms with Gasteiger partial charge in [0.25, 0.3) is 0 Å². The molecule has 0 aromatic carbocycles. The van der Waals surface area contributed by atoms with Gasteiger partial charge >= 0.3 is 0 Å². The number of anilines is 2. The van der Waals surface area contributed by atoms with Crippen molar-refractivity contribution in [3.8, 4) is 0 Å². The number of nitrogens with zero attached hydrogens (tertiary/aromatic N) is 1. The van der Waals surface area contributed by atoms with Crippen LogP contribution in [0.4, 0.5) is 11.4 Å². The van der Waals surface area contributed by atoms with E-state index in [0.29, 0.717) is 12.1 Å². The normalized spacial score (nSPS) is 9.79. The monoisotopic (exact) mass is 211 g/mol. The van der Waals surface area contributed by atoms with Gasteiger partial charge in [0.15, 0.2) is 0 Å². The molecule has 0 aliphatic carbocycles. The van der Waals surface area contributed by atoms with Crippen LogP contribution in [0.1, 0.15) is 12.8 Å². The highest BCUT2D eigenvalue weighted by Crippen LogP contribution is 2.14. The molecule has 4 nitrogen and oxygen atoms in total. The summed E-state index contributed by atoms with van der Waals surface area (Å²) >= 11 is 0. The van der Waals surface area contributed by atoms with E-state index in [9.17, 15) is 4.79 Å². The van der Waals surface area contributed by atoms with Crippen LogP contribution in [0, 0.1) is 0 Å². The lowest BCUT2D eigenvalue weighted by molar-refractivity contribution is -0.111. The number of nitrogen functional groups attached to an aromatic ring is 1. The molecule has 0 aliphatic heterocycles. The van der Waals surface area contributed by atoms with Crippen LogP contribution in [0.2, 0.25) is 0 Å². The molecule has 0 aliphatic rings. The molecule has 0 saturated heterocycles. The molecule has 1 aromatic heterocycles. The lowest BCUT2D eigenvalue weighted by atomic mass is 10.3. The molecule has 3 N–H and O–H groups in total. The van der Waals surface area contributed by atoms with E-state index in [1.165, 1.54) is 0 Å². The zero-order valence-electron chi connectivity index (χ0n) is 7.86. The number of hydrogen-bond donors (Lipinski definition) is 2. The number of carbonyl (C=O) groups excluding carboxylic acids is 1. The second kappa shape index (κ2) is 5.55. The van der Waals surface area contributed by atoms with Crippen LogP contribution in [0.5, 0.6) is 0 Å². The smallest absolute Gasteiger partial charge is 0.148 e. The summed E-state index contributed by atoms with van der Waals surface area (Å²) in [5.74, 6) is 0. The Morgan fingerprint density at radius 3 is 3.07 bits per heavy atom. The lowest BCUT2D eigenvalue weighted by Gasteiger charge is -2.07. The predicted molar refractivity (Wildman–Crippen MR) is 61.1 cm³/mol. The Morgan fingerprint density at radius 2 is 2.43 bits per heavy atom. The molecule has 0 radical (unpaired) electrons. The number of pyridine rings is 1. The fraction of sp³-hybridized carbons (Fsp3) is 0.333. The van der Waals surface area contributed by atoms with Gasteiger partial charge in [0, 0.05) is 19.2 Å². The first-order chi connectivity index (χ1) is 6.70. The maximum atomic E-state index is 10.6. The third-order valence-electron chi connectivity index (χ3n) is 1.77. The van der Waals surface area contributed by atoms with Gasteiger partial charge < -0.3 is 11.1 Å². The first-order valence-electron chi connectivity index (χ1n) is 4.42. The average molecular weight is 211 g/mol. The van der Waals surface area contributed by atoms with E-state index in [4.69, 9.17) is 5.73 Å². The van der Waals surface area contributed by atoms with Gasteiger partial charge in [-0.05, 0) is 12.5 Å². The molecule has 1 heterocycles. The minimum Gasteiger partial charge on any atom is -0.397 e. The zero-order valence-corrected chi connectivity index (χ0v) is 9.02. The second-order valence-corrected chi connectivity index (χ2v) is 3.60. The first kappa shape index (κ1) is 10.9. The molecule has 0 fully saturated rings. The molecule has 76 valence electrons. The fourth-order valence-electron chi connectivity index (χ4n) is 1.04. The Labute approximate surface area is 85.5 Å². The number of nitrogens with one attached hydrogen (secondary N) is 1. The number of nitrogens with two attached hydrogens (primary N) is 1. The summed E-state index contributed by atoms with van der Waals surface area (Å²) in [4.78, 5) is 14.6. The van der Waals surface area contributed by atoms with E-state index >= 15 is 0 Å². The summed E-state index contributed by atoms with van der Waals surface area (Å²) in [6, 6.07) is 1.74. The van der Waals surface area contributed by atoms with E-state index in [1.54, 1.807) is 18.5 Å². The molecule has 0 saturated carbocycles.